The van der Waals surface area contributed by atoms with Gasteiger partial charge in [-0.2, -0.15) is 4.98 Å². The molecule has 4 heteroatoms. The minimum atomic E-state index is -0.154. The molecule has 0 radical (unpaired) electrons. The number of hydrogen-bond acceptors (Lipinski definition) is 2. The summed E-state index contributed by atoms with van der Waals surface area (Å²) in [5.41, 5.74) is 0.697. The highest BCUT2D eigenvalue weighted by atomic mass is 35.5. The number of halogens is 1. The molecule has 1 aromatic rings. The summed E-state index contributed by atoms with van der Waals surface area (Å²) in [5.74, 6) is 0.648. The molecule has 0 spiro atoms. The Kier molecular flexibility index (Phi) is 4.66. The quantitative estimate of drug-likeness (QED) is 0.554. The maximum absolute atomic E-state index is 11.4. The van der Waals surface area contributed by atoms with Crippen LogP contribution in [-0.4, -0.2) is 15.4 Å². The number of rotatable bonds is 5. The molecule has 0 amide bonds. The van der Waals surface area contributed by atoms with E-state index in [-0.39, 0.29) is 5.69 Å². The summed E-state index contributed by atoms with van der Waals surface area (Å²) in [7, 11) is 0. The van der Waals surface area contributed by atoms with E-state index in [4.69, 9.17) is 11.6 Å². The monoisotopic (exact) mass is 214 g/mol. The Hall–Kier alpha value is -0.830. The van der Waals surface area contributed by atoms with E-state index in [0.717, 1.165) is 25.0 Å². The van der Waals surface area contributed by atoms with Crippen molar-refractivity contribution in [1.29, 1.82) is 0 Å². The molecule has 1 heterocycles. The molecule has 3 nitrogen and oxygen atoms in total. The molecule has 0 aromatic carbocycles. The Labute approximate surface area is 88.7 Å². The van der Waals surface area contributed by atoms with Crippen LogP contribution in [-0.2, 0) is 13.0 Å². The Bertz CT molecular complexity index is 335. The highest BCUT2D eigenvalue weighted by Gasteiger charge is 1.98. The van der Waals surface area contributed by atoms with Gasteiger partial charge in [-0.1, -0.05) is 6.92 Å². The first-order valence-corrected chi connectivity index (χ1v) is 5.43. The fraction of sp³-hybridized carbons (Fsp3) is 0.600. The maximum atomic E-state index is 11.4. The molecule has 1 rings (SSSR count). The van der Waals surface area contributed by atoms with Gasteiger partial charge in [-0.25, -0.2) is 4.79 Å². The van der Waals surface area contributed by atoms with Gasteiger partial charge in [0.05, 0.1) is 0 Å². The lowest BCUT2D eigenvalue weighted by atomic mass is 10.3. The maximum Gasteiger partial charge on any atom is 0.347 e. The zero-order valence-electron chi connectivity index (χ0n) is 8.37. The Morgan fingerprint density at radius 1 is 1.50 bits per heavy atom. The molecule has 0 bridgehead atoms. The van der Waals surface area contributed by atoms with E-state index in [1.165, 1.54) is 0 Å². The van der Waals surface area contributed by atoms with Crippen LogP contribution >= 0.6 is 11.6 Å². The topological polar surface area (TPSA) is 34.9 Å². The van der Waals surface area contributed by atoms with Gasteiger partial charge in [0.2, 0.25) is 0 Å². The van der Waals surface area contributed by atoms with E-state index >= 15 is 0 Å². The lowest BCUT2D eigenvalue weighted by Crippen LogP contribution is -2.23. The molecule has 1 aromatic heterocycles. The molecule has 14 heavy (non-hydrogen) atoms. The van der Waals surface area contributed by atoms with Crippen molar-refractivity contribution in [2.75, 3.05) is 5.88 Å². The summed E-state index contributed by atoms with van der Waals surface area (Å²) < 4.78 is 1.63. The van der Waals surface area contributed by atoms with Gasteiger partial charge in [0.25, 0.3) is 0 Å². The number of hydrogen-bond donors (Lipinski definition) is 0. The molecule has 78 valence electrons. The van der Waals surface area contributed by atoms with Crippen molar-refractivity contribution in [3.8, 4) is 0 Å². The zero-order chi connectivity index (χ0) is 10.4. The van der Waals surface area contributed by atoms with Crippen LogP contribution in [0, 0.1) is 0 Å². The number of unbranched alkanes of at least 4 members (excludes halogenated alkanes) is 1. The summed E-state index contributed by atoms with van der Waals surface area (Å²) >= 11 is 5.55. The SMILES string of the molecule is CCc1ccn(CCCCCl)c(=O)n1. The summed E-state index contributed by atoms with van der Waals surface area (Å²) in [6.45, 7) is 2.70. The van der Waals surface area contributed by atoms with Crippen molar-refractivity contribution in [2.45, 2.75) is 32.7 Å². The second-order valence-electron chi connectivity index (χ2n) is 3.14. The third-order valence-corrected chi connectivity index (χ3v) is 2.34. The number of alkyl halides is 1. The number of aryl methyl sites for hydroxylation is 2. The van der Waals surface area contributed by atoms with Gasteiger partial charge in [-0.3, -0.25) is 4.57 Å². The highest BCUT2D eigenvalue weighted by Crippen LogP contribution is 1.96. The molecular weight excluding hydrogens is 200 g/mol. The van der Waals surface area contributed by atoms with Gasteiger partial charge >= 0.3 is 5.69 Å². The van der Waals surface area contributed by atoms with Crippen molar-refractivity contribution in [3.63, 3.8) is 0 Å². The third kappa shape index (κ3) is 3.14. The van der Waals surface area contributed by atoms with E-state index in [2.05, 4.69) is 4.98 Å². The highest BCUT2D eigenvalue weighted by molar-refractivity contribution is 6.17. The second-order valence-corrected chi connectivity index (χ2v) is 3.52. The molecule has 0 saturated heterocycles. The van der Waals surface area contributed by atoms with E-state index in [1.807, 2.05) is 19.2 Å². The molecule has 0 atom stereocenters. The average Bonchev–Trinajstić information content (AvgIpc) is 2.20. The van der Waals surface area contributed by atoms with Gasteiger partial charge in [0.15, 0.2) is 0 Å². The molecule has 0 saturated carbocycles. The fourth-order valence-corrected chi connectivity index (χ4v) is 1.40. The minimum Gasteiger partial charge on any atom is -0.299 e. The molecular formula is C10H15ClN2O. The molecule has 0 aliphatic carbocycles. The standard InChI is InChI=1S/C10H15ClN2O/c1-2-9-5-8-13(10(14)12-9)7-4-3-6-11/h5,8H,2-4,6-7H2,1H3. The Morgan fingerprint density at radius 2 is 2.29 bits per heavy atom. The lowest BCUT2D eigenvalue weighted by Gasteiger charge is -2.04. The molecule has 0 fully saturated rings. The normalized spacial score (nSPS) is 10.4. The molecule has 0 N–H and O–H groups in total. The van der Waals surface area contributed by atoms with Gasteiger partial charge in [-0.05, 0) is 25.3 Å². The summed E-state index contributed by atoms with van der Waals surface area (Å²) in [6, 6.07) is 1.89. The minimum absolute atomic E-state index is 0.154. The first-order chi connectivity index (χ1) is 6.77. The van der Waals surface area contributed by atoms with Crippen molar-refractivity contribution in [2.24, 2.45) is 0 Å². The smallest absolute Gasteiger partial charge is 0.299 e. The fourth-order valence-electron chi connectivity index (χ4n) is 1.21. The van der Waals surface area contributed by atoms with Crippen LogP contribution in [0.3, 0.4) is 0 Å². The van der Waals surface area contributed by atoms with Crippen LogP contribution in [0.15, 0.2) is 17.1 Å². The van der Waals surface area contributed by atoms with Crippen LogP contribution in [0.1, 0.15) is 25.5 Å². The van der Waals surface area contributed by atoms with E-state index in [0.29, 0.717) is 12.4 Å². The summed E-state index contributed by atoms with van der Waals surface area (Å²) in [5, 5.41) is 0. The number of aromatic nitrogens is 2. The van der Waals surface area contributed by atoms with Crippen LogP contribution in [0.2, 0.25) is 0 Å². The second kappa shape index (κ2) is 5.81. The van der Waals surface area contributed by atoms with Crippen LogP contribution < -0.4 is 5.69 Å². The molecule has 0 aliphatic heterocycles. The van der Waals surface area contributed by atoms with E-state index in [9.17, 15) is 4.79 Å². The van der Waals surface area contributed by atoms with Crippen molar-refractivity contribution >= 4 is 11.6 Å². The van der Waals surface area contributed by atoms with Crippen molar-refractivity contribution in [3.05, 3.63) is 28.4 Å². The van der Waals surface area contributed by atoms with Crippen LogP contribution in [0.4, 0.5) is 0 Å². The summed E-state index contributed by atoms with van der Waals surface area (Å²) in [6.07, 6.45) is 4.47. The van der Waals surface area contributed by atoms with Gasteiger partial charge in [0.1, 0.15) is 0 Å². The lowest BCUT2D eigenvalue weighted by molar-refractivity contribution is 0.597. The van der Waals surface area contributed by atoms with Crippen molar-refractivity contribution < 1.29 is 0 Å². The van der Waals surface area contributed by atoms with Gasteiger partial charge < -0.3 is 0 Å². The van der Waals surface area contributed by atoms with E-state index in [1.54, 1.807) is 4.57 Å². The predicted octanol–water partition coefficient (Wildman–Crippen LogP) is 1.82. The van der Waals surface area contributed by atoms with Crippen molar-refractivity contribution in [1.82, 2.24) is 9.55 Å². The molecule has 0 aliphatic rings. The third-order valence-electron chi connectivity index (χ3n) is 2.08. The number of nitrogens with zero attached hydrogens (tertiary/aromatic N) is 2. The Balaban J connectivity index is 2.64. The predicted molar refractivity (Wildman–Crippen MR) is 57.8 cm³/mol. The summed E-state index contributed by atoms with van der Waals surface area (Å²) in [4.78, 5) is 15.4. The van der Waals surface area contributed by atoms with Gasteiger partial charge in [0, 0.05) is 24.3 Å². The largest absolute Gasteiger partial charge is 0.347 e. The average molecular weight is 215 g/mol. The van der Waals surface area contributed by atoms with E-state index < -0.39 is 0 Å². The van der Waals surface area contributed by atoms with Crippen LogP contribution in [0.25, 0.3) is 0 Å². The zero-order valence-corrected chi connectivity index (χ0v) is 9.13. The molecule has 0 unspecified atom stereocenters. The Morgan fingerprint density at radius 3 is 2.86 bits per heavy atom. The van der Waals surface area contributed by atoms with Gasteiger partial charge in [-0.15, -0.1) is 11.6 Å². The first kappa shape index (κ1) is 11.2. The first-order valence-electron chi connectivity index (χ1n) is 4.90. The van der Waals surface area contributed by atoms with Crippen LogP contribution in [0.5, 0.6) is 0 Å².